The van der Waals surface area contributed by atoms with Crippen LogP contribution in [0.4, 0.5) is 14.9 Å². The molecule has 0 saturated carbocycles. The molecular weight excluding hydrogens is 519 g/mol. The summed E-state index contributed by atoms with van der Waals surface area (Å²) < 4.78 is 29.7. The predicted molar refractivity (Wildman–Crippen MR) is 135 cm³/mol. The number of nitro benzene ring substituents is 1. The molecule has 0 N–H and O–H groups in total. The lowest BCUT2D eigenvalue weighted by molar-refractivity contribution is -0.385. The number of methoxy groups -OCH3 is 2. The lowest BCUT2D eigenvalue weighted by Gasteiger charge is -2.13. The Morgan fingerprint density at radius 2 is 1.79 bits per heavy atom. The molecular formula is C26H19FN2O8S. The van der Waals surface area contributed by atoms with E-state index in [0.717, 1.165) is 29.8 Å². The fraction of sp³-hybridized carbons (Fsp3) is 0.115. The van der Waals surface area contributed by atoms with Gasteiger partial charge in [-0.3, -0.25) is 24.6 Å². The summed E-state index contributed by atoms with van der Waals surface area (Å²) >= 11 is 0.724. The minimum atomic E-state index is -0.736. The van der Waals surface area contributed by atoms with Gasteiger partial charge in [-0.05, 0) is 53.7 Å². The van der Waals surface area contributed by atoms with Gasteiger partial charge in [-0.25, -0.2) is 9.18 Å². The fourth-order valence-electron chi connectivity index (χ4n) is 3.55. The van der Waals surface area contributed by atoms with E-state index in [1.54, 1.807) is 12.1 Å². The van der Waals surface area contributed by atoms with Crippen LogP contribution in [0, 0.1) is 15.9 Å². The average molecular weight is 539 g/mol. The van der Waals surface area contributed by atoms with Crippen molar-refractivity contribution in [3.05, 3.63) is 98.2 Å². The Hall–Kier alpha value is -4.71. The molecule has 1 aliphatic rings. The number of benzene rings is 3. The summed E-state index contributed by atoms with van der Waals surface area (Å²) in [6.07, 6.45) is 1.48. The highest BCUT2D eigenvalue weighted by Gasteiger charge is 2.35. The second kappa shape index (κ2) is 11.1. The molecule has 3 aromatic rings. The van der Waals surface area contributed by atoms with Crippen molar-refractivity contribution in [2.24, 2.45) is 0 Å². The Kier molecular flexibility index (Phi) is 7.72. The third-order valence-electron chi connectivity index (χ3n) is 5.44. The van der Waals surface area contributed by atoms with Crippen LogP contribution in [-0.2, 0) is 16.1 Å². The number of ether oxygens (including phenoxy) is 3. The number of halogens is 1. The zero-order valence-corrected chi connectivity index (χ0v) is 20.8. The van der Waals surface area contributed by atoms with Gasteiger partial charge < -0.3 is 14.2 Å². The number of nitrogens with zero attached hydrogens (tertiary/aromatic N) is 2. The maximum Gasteiger partial charge on any atom is 0.338 e. The summed E-state index contributed by atoms with van der Waals surface area (Å²) in [7, 11) is 2.53. The smallest absolute Gasteiger partial charge is 0.338 e. The van der Waals surface area contributed by atoms with Crippen LogP contribution in [0.1, 0.15) is 21.5 Å². The van der Waals surface area contributed by atoms with Crippen molar-refractivity contribution in [2.75, 3.05) is 14.2 Å². The second-order valence-corrected chi connectivity index (χ2v) is 8.80. The molecule has 194 valence electrons. The molecule has 4 rings (SSSR count). The third kappa shape index (κ3) is 5.49. The molecule has 0 radical (unpaired) electrons. The van der Waals surface area contributed by atoms with Gasteiger partial charge in [0, 0.05) is 11.6 Å². The number of rotatable bonds is 8. The molecule has 0 atom stereocenters. The zero-order valence-electron chi connectivity index (χ0n) is 20.0. The van der Waals surface area contributed by atoms with Crippen LogP contribution in [-0.4, -0.2) is 41.2 Å². The lowest BCUT2D eigenvalue weighted by atomic mass is 10.1. The van der Waals surface area contributed by atoms with Gasteiger partial charge in [0.2, 0.25) is 5.75 Å². The monoisotopic (exact) mass is 538 g/mol. The van der Waals surface area contributed by atoms with Crippen molar-refractivity contribution in [2.45, 2.75) is 6.54 Å². The molecule has 2 amide bonds. The standard InChI is InChI=1S/C26H19FN2O8S/c1-35-22-11-15(12-23-24(30)28(26(32)38-23)14-17-5-3-4-6-18(17)27)7-9-21(22)37-20-10-8-16(25(31)36-2)13-19(20)29(33)34/h3-13H,14H2,1-2H3/b23-12-. The molecule has 3 aromatic carbocycles. The van der Waals surface area contributed by atoms with Crippen LogP contribution < -0.4 is 9.47 Å². The zero-order chi connectivity index (χ0) is 27.4. The molecule has 12 heteroatoms. The average Bonchev–Trinajstić information content (AvgIpc) is 3.17. The largest absolute Gasteiger partial charge is 0.493 e. The number of carbonyl (C=O) groups is 3. The Labute approximate surface area is 219 Å². The summed E-state index contributed by atoms with van der Waals surface area (Å²) in [5.74, 6) is -1.63. The van der Waals surface area contributed by atoms with E-state index >= 15 is 0 Å². The maximum absolute atomic E-state index is 14.0. The Morgan fingerprint density at radius 3 is 2.47 bits per heavy atom. The number of hydrogen-bond donors (Lipinski definition) is 0. The molecule has 0 aromatic heterocycles. The number of amides is 2. The van der Waals surface area contributed by atoms with Gasteiger partial charge in [0.15, 0.2) is 11.5 Å². The molecule has 0 unspecified atom stereocenters. The van der Waals surface area contributed by atoms with Crippen LogP contribution in [0.5, 0.6) is 17.2 Å². The van der Waals surface area contributed by atoms with E-state index in [1.807, 2.05) is 0 Å². The van der Waals surface area contributed by atoms with Crippen LogP contribution in [0.25, 0.3) is 6.08 Å². The van der Waals surface area contributed by atoms with Crippen molar-refractivity contribution in [1.29, 1.82) is 0 Å². The summed E-state index contributed by atoms with van der Waals surface area (Å²) in [6, 6.07) is 14.1. The SMILES string of the molecule is COC(=O)c1ccc(Oc2ccc(/C=C3\SC(=O)N(Cc4ccccc4F)C3=O)cc2OC)c([N+](=O)[O-])c1. The van der Waals surface area contributed by atoms with Gasteiger partial charge in [0.25, 0.3) is 11.1 Å². The first-order valence-corrected chi connectivity index (χ1v) is 11.7. The van der Waals surface area contributed by atoms with Crippen LogP contribution in [0.15, 0.2) is 65.6 Å². The van der Waals surface area contributed by atoms with Crippen LogP contribution in [0.3, 0.4) is 0 Å². The van der Waals surface area contributed by atoms with Gasteiger partial charge >= 0.3 is 11.7 Å². The van der Waals surface area contributed by atoms with Gasteiger partial charge in [-0.2, -0.15) is 0 Å². The summed E-state index contributed by atoms with van der Waals surface area (Å²) in [4.78, 5) is 48.9. The maximum atomic E-state index is 14.0. The van der Waals surface area contributed by atoms with E-state index in [4.69, 9.17) is 9.47 Å². The first kappa shape index (κ1) is 26.4. The van der Waals surface area contributed by atoms with E-state index in [1.165, 1.54) is 55.7 Å². The summed E-state index contributed by atoms with van der Waals surface area (Å²) in [5.41, 5.74) is 0.231. The third-order valence-corrected chi connectivity index (χ3v) is 6.35. The number of esters is 1. The van der Waals surface area contributed by atoms with Crippen molar-refractivity contribution in [3.63, 3.8) is 0 Å². The minimum absolute atomic E-state index is 0.0159. The number of nitro groups is 1. The second-order valence-electron chi connectivity index (χ2n) is 7.80. The van der Waals surface area contributed by atoms with E-state index in [-0.39, 0.29) is 39.8 Å². The van der Waals surface area contributed by atoms with Crippen molar-refractivity contribution in [3.8, 4) is 17.2 Å². The number of hydrogen-bond acceptors (Lipinski definition) is 9. The molecule has 0 aliphatic carbocycles. The van der Waals surface area contributed by atoms with E-state index in [9.17, 15) is 28.9 Å². The molecule has 0 bridgehead atoms. The summed E-state index contributed by atoms with van der Waals surface area (Å²) in [6.45, 7) is -0.196. The van der Waals surface area contributed by atoms with Gasteiger partial charge in [-0.1, -0.05) is 24.3 Å². The van der Waals surface area contributed by atoms with Crippen molar-refractivity contribution in [1.82, 2.24) is 4.90 Å². The first-order chi connectivity index (χ1) is 18.2. The molecule has 10 nitrogen and oxygen atoms in total. The van der Waals surface area contributed by atoms with E-state index in [0.29, 0.717) is 5.56 Å². The lowest BCUT2D eigenvalue weighted by Crippen LogP contribution is -2.27. The molecule has 1 saturated heterocycles. The van der Waals surface area contributed by atoms with Gasteiger partial charge in [-0.15, -0.1) is 0 Å². The van der Waals surface area contributed by atoms with E-state index < -0.39 is 33.5 Å². The topological polar surface area (TPSA) is 125 Å². The molecule has 1 heterocycles. The number of thioether (sulfide) groups is 1. The minimum Gasteiger partial charge on any atom is -0.493 e. The molecule has 1 aliphatic heterocycles. The first-order valence-electron chi connectivity index (χ1n) is 10.9. The van der Waals surface area contributed by atoms with Crippen molar-refractivity contribution < 1.29 is 37.9 Å². The molecule has 1 fully saturated rings. The highest BCUT2D eigenvalue weighted by atomic mass is 32.2. The Morgan fingerprint density at radius 1 is 1.05 bits per heavy atom. The van der Waals surface area contributed by atoms with Crippen molar-refractivity contribution >= 4 is 40.6 Å². The molecule has 0 spiro atoms. The predicted octanol–water partition coefficient (Wildman–Crippen LogP) is 5.56. The highest BCUT2D eigenvalue weighted by molar-refractivity contribution is 8.18. The van der Waals surface area contributed by atoms with Crippen LogP contribution in [0.2, 0.25) is 0 Å². The fourth-order valence-corrected chi connectivity index (χ4v) is 4.39. The van der Waals surface area contributed by atoms with Crippen LogP contribution >= 0.6 is 11.8 Å². The molecule has 38 heavy (non-hydrogen) atoms. The van der Waals surface area contributed by atoms with E-state index in [2.05, 4.69) is 4.74 Å². The quantitative estimate of drug-likeness (QED) is 0.157. The van der Waals surface area contributed by atoms with Gasteiger partial charge in [0.05, 0.1) is 36.2 Å². The number of carbonyl (C=O) groups excluding carboxylic acids is 3. The highest BCUT2D eigenvalue weighted by Crippen LogP contribution is 2.39. The summed E-state index contributed by atoms with van der Waals surface area (Å²) in [5, 5.41) is 11.0. The van der Waals surface area contributed by atoms with Gasteiger partial charge in [0.1, 0.15) is 5.82 Å². The Bertz CT molecular complexity index is 1490. The normalized spacial score (nSPS) is 14.1. The Balaban J connectivity index is 1.58. The number of imide groups is 1.